The molecule has 0 bridgehead atoms. The zero-order valence-corrected chi connectivity index (χ0v) is 19.7. The molecule has 2 heterocycles. The van der Waals surface area contributed by atoms with Crippen LogP contribution in [0.15, 0.2) is 29.2 Å². The molecule has 2 aliphatic heterocycles. The summed E-state index contributed by atoms with van der Waals surface area (Å²) < 4.78 is 37.8. The van der Waals surface area contributed by atoms with Crippen molar-refractivity contribution in [1.29, 1.82) is 0 Å². The van der Waals surface area contributed by atoms with E-state index in [0.717, 1.165) is 12.8 Å². The minimum atomic E-state index is -3.58. The van der Waals surface area contributed by atoms with Crippen LogP contribution < -0.4 is 4.74 Å². The van der Waals surface area contributed by atoms with Crippen LogP contribution >= 0.6 is 0 Å². The number of carbonyl (C=O) groups excluding carboxylic acids is 2. The van der Waals surface area contributed by atoms with Crippen LogP contribution in [0, 0.1) is 5.92 Å². The summed E-state index contributed by atoms with van der Waals surface area (Å²) in [5.74, 6) is 0.112. The van der Waals surface area contributed by atoms with E-state index in [9.17, 15) is 18.0 Å². The van der Waals surface area contributed by atoms with Crippen molar-refractivity contribution >= 4 is 21.9 Å². The van der Waals surface area contributed by atoms with Crippen molar-refractivity contribution in [2.75, 3.05) is 59.0 Å². The number of hydrogen-bond acceptors (Lipinski definition) is 7. The van der Waals surface area contributed by atoms with Crippen molar-refractivity contribution in [3.63, 3.8) is 0 Å². The topological polar surface area (TPSA) is 96.5 Å². The Morgan fingerprint density at radius 1 is 1.00 bits per heavy atom. The molecular weight excluding hydrogens is 434 g/mol. The molecule has 1 amide bonds. The van der Waals surface area contributed by atoms with Gasteiger partial charge in [-0.1, -0.05) is 0 Å². The van der Waals surface area contributed by atoms with Gasteiger partial charge in [0, 0.05) is 39.3 Å². The predicted molar refractivity (Wildman–Crippen MR) is 119 cm³/mol. The molecular formula is C22H33N3O6S. The van der Waals surface area contributed by atoms with Crippen molar-refractivity contribution in [2.45, 2.75) is 31.6 Å². The first-order valence-corrected chi connectivity index (χ1v) is 12.7. The Morgan fingerprint density at radius 2 is 1.69 bits per heavy atom. The lowest BCUT2D eigenvalue weighted by molar-refractivity contribution is -0.151. The summed E-state index contributed by atoms with van der Waals surface area (Å²) in [5, 5.41) is 0. The number of amides is 1. The third-order valence-corrected chi connectivity index (χ3v) is 7.77. The van der Waals surface area contributed by atoms with E-state index >= 15 is 0 Å². The minimum absolute atomic E-state index is 0.0261. The van der Waals surface area contributed by atoms with E-state index in [1.807, 2.05) is 11.8 Å². The summed E-state index contributed by atoms with van der Waals surface area (Å²) in [7, 11) is -3.58. The first-order valence-electron chi connectivity index (χ1n) is 11.2. The lowest BCUT2D eigenvalue weighted by Gasteiger charge is -2.36. The van der Waals surface area contributed by atoms with E-state index in [-0.39, 0.29) is 29.2 Å². The Labute approximate surface area is 190 Å². The molecule has 10 heteroatoms. The molecule has 0 radical (unpaired) electrons. The van der Waals surface area contributed by atoms with Gasteiger partial charge in [0.1, 0.15) is 5.75 Å². The van der Waals surface area contributed by atoms with E-state index in [1.165, 1.54) is 4.31 Å². The number of nitrogens with zero attached hydrogens (tertiary/aromatic N) is 3. The number of esters is 1. The van der Waals surface area contributed by atoms with Crippen molar-refractivity contribution in [3.05, 3.63) is 24.3 Å². The predicted octanol–water partition coefficient (Wildman–Crippen LogP) is 1.19. The Hall–Kier alpha value is -2.17. The number of sulfonamides is 1. The van der Waals surface area contributed by atoms with Crippen LogP contribution in [0.5, 0.6) is 5.75 Å². The molecule has 1 aromatic rings. The summed E-state index contributed by atoms with van der Waals surface area (Å²) >= 11 is 0. The number of piperidine rings is 1. The molecule has 0 saturated carbocycles. The molecule has 0 aromatic heterocycles. The van der Waals surface area contributed by atoms with Crippen molar-refractivity contribution in [2.24, 2.45) is 5.92 Å². The van der Waals surface area contributed by atoms with Crippen LogP contribution in [0.2, 0.25) is 0 Å². The maximum absolute atomic E-state index is 12.9. The third kappa shape index (κ3) is 5.99. The second-order valence-corrected chi connectivity index (χ2v) is 9.95. The molecule has 0 aliphatic carbocycles. The van der Waals surface area contributed by atoms with Crippen molar-refractivity contribution in [1.82, 2.24) is 14.1 Å². The molecule has 178 valence electrons. The zero-order valence-electron chi connectivity index (χ0n) is 18.9. The summed E-state index contributed by atoms with van der Waals surface area (Å²) in [4.78, 5) is 28.7. The highest BCUT2D eigenvalue weighted by Gasteiger charge is 2.32. The first kappa shape index (κ1) is 24.5. The summed E-state index contributed by atoms with van der Waals surface area (Å²) in [6, 6.07) is 6.44. The largest absolute Gasteiger partial charge is 0.494 e. The summed E-state index contributed by atoms with van der Waals surface area (Å²) in [6.07, 6.45) is 1.52. The molecule has 3 rings (SSSR count). The van der Waals surface area contributed by atoms with E-state index < -0.39 is 10.0 Å². The average molecular weight is 468 g/mol. The Kier molecular flexibility index (Phi) is 8.50. The van der Waals surface area contributed by atoms with Crippen LogP contribution in [0.1, 0.15) is 26.7 Å². The summed E-state index contributed by atoms with van der Waals surface area (Å²) in [5.41, 5.74) is 0. The van der Waals surface area contributed by atoms with Gasteiger partial charge in [-0.15, -0.1) is 0 Å². The van der Waals surface area contributed by atoms with Gasteiger partial charge in [-0.3, -0.25) is 14.5 Å². The Bertz CT molecular complexity index is 881. The number of rotatable bonds is 8. The van der Waals surface area contributed by atoms with Gasteiger partial charge in [-0.05, 0) is 51.0 Å². The highest BCUT2D eigenvalue weighted by Crippen LogP contribution is 2.22. The van der Waals surface area contributed by atoms with Gasteiger partial charge in [0.2, 0.25) is 15.9 Å². The molecule has 9 nitrogen and oxygen atoms in total. The van der Waals surface area contributed by atoms with Gasteiger partial charge in [0.05, 0.1) is 30.6 Å². The van der Waals surface area contributed by atoms with Crippen molar-refractivity contribution < 1.29 is 27.5 Å². The Balaban J connectivity index is 1.50. The van der Waals surface area contributed by atoms with Crippen LogP contribution in [0.25, 0.3) is 0 Å². The lowest BCUT2D eigenvalue weighted by Crippen LogP contribution is -2.52. The highest BCUT2D eigenvalue weighted by atomic mass is 32.2. The average Bonchev–Trinajstić information content (AvgIpc) is 2.80. The van der Waals surface area contributed by atoms with Crippen LogP contribution in [-0.2, 0) is 24.3 Å². The number of piperazine rings is 1. The molecule has 2 fully saturated rings. The molecule has 2 aliphatic rings. The number of hydrogen-bond donors (Lipinski definition) is 0. The second kappa shape index (κ2) is 11.1. The maximum Gasteiger partial charge on any atom is 0.310 e. The highest BCUT2D eigenvalue weighted by molar-refractivity contribution is 7.89. The zero-order chi connectivity index (χ0) is 23.1. The SMILES string of the molecule is CCOC(=O)[C@@H]1CCCN(C(=O)CN2CCN(S(=O)(=O)c3ccc(OCC)cc3)CC2)C1. The Morgan fingerprint density at radius 3 is 2.31 bits per heavy atom. The number of benzene rings is 1. The fourth-order valence-corrected chi connectivity index (χ4v) is 5.52. The number of carbonyl (C=O) groups is 2. The van der Waals surface area contributed by atoms with Gasteiger partial charge >= 0.3 is 5.97 Å². The molecule has 0 N–H and O–H groups in total. The number of likely N-dealkylation sites (tertiary alicyclic amines) is 1. The smallest absolute Gasteiger partial charge is 0.310 e. The van der Waals surface area contributed by atoms with E-state index in [4.69, 9.17) is 9.47 Å². The fourth-order valence-electron chi connectivity index (χ4n) is 4.10. The summed E-state index contributed by atoms with van der Waals surface area (Å²) in [6.45, 7) is 7.40. The van der Waals surface area contributed by atoms with E-state index in [1.54, 1.807) is 36.1 Å². The van der Waals surface area contributed by atoms with Gasteiger partial charge in [-0.2, -0.15) is 4.31 Å². The third-order valence-electron chi connectivity index (χ3n) is 5.86. The minimum Gasteiger partial charge on any atom is -0.494 e. The van der Waals surface area contributed by atoms with Crippen molar-refractivity contribution in [3.8, 4) is 5.75 Å². The van der Waals surface area contributed by atoms with E-state index in [0.29, 0.717) is 58.2 Å². The van der Waals surface area contributed by atoms with Crippen LogP contribution in [0.3, 0.4) is 0 Å². The quantitative estimate of drug-likeness (QED) is 0.530. The van der Waals surface area contributed by atoms with Crippen LogP contribution in [-0.4, -0.2) is 93.4 Å². The second-order valence-electron chi connectivity index (χ2n) is 8.02. The molecule has 32 heavy (non-hydrogen) atoms. The molecule has 1 aromatic carbocycles. The number of ether oxygens (including phenoxy) is 2. The van der Waals surface area contributed by atoms with Gasteiger partial charge in [0.25, 0.3) is 0 Å². The van der Waals surface area contributed by atoms with Gasteiger partial charge in [-0.25, -0.2) is 8.42 Å². The monoisotopic (exact) mass is 467 g/mol. The van der Waals surface area contributed by atoms with Crippen LogP contribution in [0.4, 0.5) is 0 Å². The van der Waals surface area contributed by atoms with Gasteiger partial charge in [0.15, 0.2) is 0 Å². The molecule has 0 spiro atoms. The molecule has 2 saturated heterocycles. The van der Waals surface area contributed by atoms with Gasteiger partial charge < -0.3 is 14.4 Å². The normalized spacial score (nSPS) is 20.7. The fraction of sp³-hybridized carbons (Fsp3) is 0.636. The van der Waals surface area contributed by atoms with E-state index in [2.05, 4.69) is 0 Å². The molecule has 0 unspecified atom stereocenters. The molecule has 1 atom stereocenters. The first-order chi connectivity index (χ1) is 15.3. The standard InChI is InChI=1S/C22H33N3O6S/c1-3-30-19-7-9-20(10-8-19)32(28,29)25-14-12-23(13-15-25)17-21(26)24-11-5-6-18(16-24)22(27)31-4-2/h7-10,18H,3-6,11-17H2,1-2H3/t18-/m1/s1. The lowest BCUT2D eigenvalue weighted by atomic mass is 9.98. The maximum atomic E-state index is 12.9.